The predicted octanol–water partition coefficient (Wildman–Crippen LogP) is 7.30. The Morgan fingerprint density at radius 2 is 1.88 bits per heavy atom. The second-order valence-corrected chi connectivity index (χ2v) is 10.5. The molecule has 0 saturated carbocycles. The van der Waals surface area contributed by atoms with E-state index < -0.39 is 24.2 Å². The first-order chi connectivity index (χ1) is 19.5. The van der Waals surface area contributed by atoms with E-state index in [0.717, 1.165) is 37.4 Å². The number of allylic oxidation sites excluding steroid dienone is 6. The third-order valence-electron chi connectivity index (χ3n) is 6.14. The zero-order valence-corrected chi connectivity index (χ0v) is 25.5. The average molecular weight is 614 g/mol. The van der Waals surface area contributed by atoms with E-state index in [-0.39, 0.29) is 11.3 Å². The Morgan fingerprint density at radius 3 is 2.45 bits per heavy atom. The van der Waals surface area contributed by atoms with Gasteiger partial charge in [-0.15, -0.1) is 0 Å². The molecule has 1 saturated heterocycles. The van der Waals surface area contributed by atoms with E-state index in [1.165, 1.54) is 19.1 Å². The maximum atomic E-state index is 14.2. The molecule has 1 heterocycles. The fourth-order valence-electron chi connectivity index (χ4n) is 4.12. The van der Waals surface area contributed by atoms with Crippen LogP contribution in [0, 0.1) is 0 Å². The van der Waals surface area contributed by atoms with Gasteiger partial charge in [0.25, 0.3) is 5.92 Å². The molecule has 1 N–H and O–H groups in total. The van der Waals surface area contributed by atoms with Crippen LogP contribution in [-0.4, -0.2) is 70.7 Å². The van der Waals surface area contributed by atoms with Crippen molar-refractivity contribution in [2.24, 2.45) is 9.98 Å². The highest BCUT2D eigenvalue weighted by atomic mass is 32.1. The standard InChI is InChI=1S/C30H40F5N5OS/c1-7-11-23(3)19-39(22-41)40-17-10-16-28(40,5)15-9-12-27(42)38-26(8-2)14-13-25(29(6,31)32)18-24(4)37-21-36-20-30(33,34)35/h7-9,11,13-15,18,21-22H,3,10,12,16-17,19-20H2,1-2,4-6H3,(H,38,42)/b11-7-,14-13-,15-9-,25-18+,26-8+,36-21-,37-24+. The lowest BCUT2D eigenvalue weighted by Crippen LogP contribution is -2.51. The van der Waals surface area contributed by atoms with Gasteiger partial charge in [0.1, 0.15) is 12.9 Å². The number of amides is 1. The molecular weight excluding hydrogens is 573 g/mol. The van der Waals surface area contributed by atoms with E-state index in [2.05, 4.69) is 21.9 Å². The lowest BCUT2D eigenvalue weighted by Gasteiger charge is -2.39. The van der Waals surface area contributed by atoms with E-state index in [4.69, 9.17) is 12.2 Å². The number of hydrogen-bond acceptors (Lipinski definition) is 4. The minimum Gasteiger partial charge on any atom is -0.350 e. The molecule has 0 aromatic heterocycles. The molecule has 0 radical (unpaired) electrons. The third-order valence-corrected chi connectivity index (χ3v) is 6.41. The monoisotopic (exact) mass is 613 g/mol. The molecule has 1 fully saturated rings. The molecule has 232 valence electrons. The van der Waals surface area contributed by atoms with Crippen molar-refractivity contribution in [2.75, 3.05) is 19.6 Å². The number of nitrogens with one attached hydrogen (secondary N) is 1. The molecule has 0 spiro atoms. The van der Waals surface area contributed by atoms with Crippen LogP contribution in [0.2, 0.25) is 0 Å². The number of hydrazine groups is 1. The van der Waals surface area contributed by atoms with Gasteiger partial charge in [0.2, 0.25) is 6.41 Å². The van der Waals surface area contributed by atoms with Crippen molar-refractivity contribution in [1.29, 1.82) is 0 Å². The largest absolute Gasteiger partial charge is 0.408 e. The van der Waals surface area contributed by atoms with Crippen molar-refractivity contribution in [3.8, 4) is 0 Å². The summed E-state index contributed by atoms with van der Waals surface area (Å²) < 4.78 is 65.0. The minimum atomic E-state index is -4.47. The van der Waals surface area contributed by atoms with E-state index >= 15 is 0 Å². The van der Waals surface area contributed by atoms with Gasteiger partial charge in [-0.2, -0.15) is 13.2 Å². The van der Waals surface area contributed by atoms with Gasteiger partial charge in [0.05, 0.1) is 17.1 Å². The summed E-state index contributed by atoms with van der Waals surface area (Å²) in [7, 11) is 0. The van der Waals surface area contributed by atoms with Gasteiger partial charge in [-0.1, -0.05) is 55.3 Å². The molecule has 42 heavy (non-hydrogen) atoms. The van der Waals surface area contributed by atoms with E-state index in [9.17, 15) is 26.7 Å². The summed E-state index contributed by atoms with van der Waals surface area (Å²) >= 11 is 5.46. The second kappa shape index (κ2) is 17.0. The summed E-state index contributed by atoms with van der Waals surface area (Å²) in [6.45, 7) is 11.4. The predicted molar refractivity (Wildman–Crippen MR) is 165 cm³/mol. The van der Waals surface area contributed by atoms with E-state index in [1.54, 1.807) is 18.0 Å². The highest BCUT2D eigenvalue weighted by Crippen LogP contribution is 2.32. The number of hydrogen-bond donors (Lipinski definition) is 1. The van der Waals surface area contributed by atoms with Crippen molar-refractivity contribution < 1.29 is 26.7 Å². The van der Waals surface area contributed by atoms with Gasteiger partial charge < -0.3 is 5.32 Å². The molecule has 1 rings (SSSR count). The summed E-state index contributed by atoms with van der Waals surface area (Å²) in [5.74, 6) is -3.24. The second-order valence-electron chi connectivity index (χ2n) is 10.0. The van der Waals surface area contributed by atoms with Crippen molar-refractivity contribution in [1.82, 2.24) is 15.3 Å². The Labute approximate surface area is 250 Å². The number of halogens is 5. The van der Waals surface area contributed by atoms with Crippen LogP contribution in [0.3, 0.4) is 0 Å². The van der Waals surface area contributed by atoms with Gasteiger partial charge in [-0.25, -0.2) is 18.8 Å². The quantitative estimate of drug-likeness (QED) is 0.0401. The van der Waals surface area contributed by atoms with Crippen molar-refractivity contribution in [3.05, 3.63) is 72.0 Å². The van der Waals surface area contributed by atoms with Gasteiger partial charge in [0, 0.05) is 36.9 Å². The Hall–Kier alpha value is -3.25. The number of carbonyl (C=O) groups excluding carboxylic acids is 1. The average Bonchev–Trinajstić information content (AvgIpc) is 3.26. The number of alkyl halides is 5. The van der Waals surface area contributed by atoms with Crippen LogP contribution in [0.4, 0.5) is 22.0 Å². The van der Waals surface area contributed by atoms with Crippen LogP contribution in [0.15, 0.2) is 82.0 Å². The van der Waals surface area contributed by atoms with Crippen LogP contribution in [0.5, 0.6) is 0 Å². The molecule has 1 aliphatic heterocycles. The fraction of sp³-hybridized carbons (Fsp3) is 0.467. The molecule has 6 nitrogen and oxygen atoms in total. The van der Waals surface area contributed by atoms with E-state index in [1.807, 2.05) is 43.2 Å². The number of carbonyl (C=O) groups is 1. The summed E-state index contributed by atoms with van der Waals surface area (Å²) in [5.41, 5.74) is 0.571. The van der Waals surface area contributed by atoms with Crippen LogP contribution in [-0.2, 0) is 4.79 Å². The molecule has 0 aromatic carbocycles. The molecule has 0 bridgehead atoms. The normalized spacial score (nSPS) is 20.0. The third kappa shape index (κ3) is 13.6. The topological polar surface area (TPSA) is 60.3 Å². The maximum Gasteiger partial charge on any atom is 0.408 e. The molecule has 12 heteroatoms. The number of thiocarbonyl (C=S) groups is 1. The van der Waals surface area contributed by atoms with Crippen LogP contribution < -0.4 is 5.32 Å². The minimum absolute atomic E-state index is 0.0616. The highest BCUT2D eigenvalue weighted by molar-refractivity contribution is 7.80. The van der Waals surface area contributed by atoms with Gasteiger partial charge in [0.15, 0.2) is 0 Å². The van der Waals surface area contributed by atoms with Crippen LogP contribution in [0.1, 0.15) is 53.9 Å². The van der Waals surface area contributed by atoms with Crippen LogP contribution >= 0.6 is 12.2 Å². The SMILES string of the molecule is C=C(/C=C\C)CN(C=O)N1CCCC1(C)/C=C\CC(=S)NC(/C=C\C(=C/C(C)=N/C=N\CC(F)(F)F)C(C)(F)F)=C/C. The summed E-state index contributed by atoms with van der Waals surface area (Å²) in [6.07, 6.45) is 12.2. The summed E-state index contributed by atoms with van der Waals surface area (Å²) in [5, 5.41) is 6.69. The molecule has 1 unspecified atom stereocenters. The van der Waals surface area contributed by atoms with Crippen molar-refractivity contribution in [3.63, 3.8) is 0 Å². The fourth-order valence-corrected chi connectivity index (χ4v) is 4.33. The molecule has 0 aliphatic carbocycles. The Balaban J connectivity index is 2.91. The lowest BCUT2D eigenvalue weighted by molar-refractivity contribution is -0.138. The zero-order valence-electron chi connectivity index (χ0n) is 24.7. The number of aliphatic imine (C=N–C) groups is 2. The van der Waals surface area contributed by atoms with Crippen molar-refractivity contribution in [2.45, 2.75) is 71.5 Å². The van der Waals surface area contributed by atoms with Gasteiger partial charge >= 0.3 is 6.18 Å². The van der Waals surface area contributed by atoms with Crippen LogP contribution in [0.25, 0.3) is 0 Å². The van der Waals surface area contributed by atoms with Gasteiger partial charge in [-0.05, 0) is 58.3 Å². The van der Waals surface area contributed by atoms with Crippen molar-refractivity contribution >= 4 is 35.7 Å². The molecule has 1 atom stereocenters. The zero-order chi connectivity index (χ0) is 32.0. The summed E-state index contributed by atoms with van der Waals surface area (Å²) in [6, 6.07) is 0. The Morgan fingerprint density at radius 1 is 1.19 bits per heavy atom. The van der Waals surface area contributed by atoms with E-state index in [0.29, 0.717) is 36.9 Å². The highest BCUT2D eigenvalue weighted by Gasteiger charge is 2.37. The molecule has 1 amide bonds. The molecule has 1 aliphatic rings. The number of rotatable bonds is 15. The summed E-state index contributed by atoms with van der Waals surface area (Å²) in [4.78, 5) is 19.1. The number of nitrogens with zero attached hydrogens (tertiary/aromatic N) is 4. The Bertz CT molecular complexity index is 1160. The Kier molecular flexibility index (Phi) is 14.9. The van der Waals surface area contributed by atoms with Gasteiger partial charge in [-0.3, -0.25) is 14.8 Å². The maximum absolute atomic E-state index is 14.2. The first-order valence-electron chi connectivity index (χ1n) is 13.4. The first kappa shape index (κ1) is 36.8. The molecule has 0 aromatic rings. The molecular formula is C30H40F5N5OS. The first-order valence-corrected chi connectivity index (χ1v) is 13.8. The smallest absolute Gasteiger partial charge is 0.350 e. The lowest BCUT2D eigenvalue weighted by atomic mass is 9.99.